The molecule has 1 aliphatic rings. The minimum absolute atomic E-state index is 0.0990. The largest absolute Gasteiger partial charge is 0.471 e. The van der Waals surface area contributed by atoms with Crippen molar-refractivity contribution in [2.75, 3.05) is 26.2 Å². The number of halogens is 3. The Bertz CT molecular complexity index is 472. The maximum atomic E-state index is 12.4. The third-order valence-corrected chi connectivity index (χ3v) is 3.43. The van der Waals surface area contributed by atoms with E-state index in [4.69, 9.17) is 0 Å². The zero-order valence-electron chi connectivity index (χ0n) is 11.2. The lowest BCUT2D eigenvalue weighted by molar-refractivity contribution is -0.185. The van der Waals surface area contributed by atoms with Crippen LogP contribution >= 0.6 is 0 Å². The summed E-state index contributed by atoms with van der Waals surface area (Å²) < 4.78 is 37.2. The van der Waals surface area contributed by atoms with Gasteiger partial charge in [0, 0.05) is 38.4 Å². The molecule has 0 spiro atoms. The summed E-state index contributed by atoms with van der Waals surface area (Å²) in [5.74, 6) is -1.74. The molecule has 112 valence electrons. The van der Waals surface area contributed by atoms with E-state index in [2.05, 4.69) is 9.97 Å². The molecule has 0 radical (unpaired) electrons. The van der Waals surface area contributed by atoms with Crippen LogP contribution in [0.15, 0.2) is 6.33 Å². The van der Waals surface area contributed by atoms with Gasteiger partial charge in [-0.15, -0.1) is 0 Å². The SMILES string of the molecule is Cc1[nH]cnc1CN1CCCN(C(=O)C(F)(F)F)CC1. The lowest BCUT2D eigenvalue weighted by Crippen LogP contribution is -2.43. The van der Waals surface area contributed by atoms with E-state index in [1.54, 1.807) is 6.33 Å². The fourth-order valence-electron chi connectivity index (χ4n) is 2.27. The number of rotatable bonds is 2. The summed E-state index contributed by atoms with van der Waals surface area (Å²) in [6.45, 7) is 3.82. The molecule has 0 aliphatic carbocycles. The molecule has 8 heteroatoms. The molecule has 20 heavy (non-hydrogen) atoms. The van der Waals surface area contributed by atoms with Crippen molar-refractivity contribution in [2.24, 2.45) is 0 Å². The average molecular weight is 290 g/mol. The Balaban J connectivity index is 1.93. The topological polar surface area (TPSA) is 52.2 Å². The lowest BCUT2D eigenvalue weighted by Gasteiger charge is -2.22. The van der Waals surface area contributed by atoms with Crippen LogP contribution in [0.1, 0.15) is 17.8 Å². The summed E-state index contributed by atoms with van der Waals surface area (Å²) in [5, 5.41) is 0. The Hall–Kier alpha value is -1.57. The summed E-state index contributed by atoms with van der Waals surface area (Å²) in [6.07, 6.45) is -2.65. The number of hydrogen-bond acceptors (Lipinski definition) is 3. The van der Waals surface area contributed by atoms with Crippen LogP contribution in [-0.4, -0.2) is 58.0 Å². The Morgan fingerprint density at radius 3 is 2.70 bits per heavy atom. The van der Waals surface area contributed by atoms with Crippen LogP contribution in [0.2, 0.25) is 0 Å². The highest BCUT2D eigenvalue weighted by molar-refractivity contribution is 5.81. The molecule has 1 saturated heterocycles. The first-order valence-corrected chi connectivity index (χ1v) is 6.45. The zero-order chi connectivity index (χ0) is 14.8. The van der Waals surface area contributed by atoms with E-state index in [0.29, 0.717) is 26.1 Å². The number of imidazole rings is 1. The van der Waals surface area contributed by atoms with Gasteiger partial charge < -0.3 is 9.88 Å². The highest BCUT2D eigenvalue weighted by Crippen LogP contribution is 2.20. The molecule has 1 aliphatic heterocycles. The second-order valence-corrected chi connectivity index (χ2v) is 4.89. The van der Waals surface area contributed by atoms with E-state index in [9.17, 15) is 18.0 Å². The molecule has 1 amide bonds. The van der Waals surface area contributed by atoms with Crippen LogP contribution in [0.3, 0.4) is 0 Å². The molecular formula is C12H17F3N4O. The van der Waals surface area contributed by atoms with E-state index in [-0.39, 0.29) is 13.1 Å². The summed E-state index contributed by atoms with van der Waals surface area (Å²) in [5.41, 5.74) is 1.85. The van der Waals surface area contributed by atoms with Crippen molar-refractivity contribution in [3.8, 4) is 0 Å². The normalized spacial score (nSPS) is 18.1. The van der Waals surface area contributed by atoms with Gasteiger partial charge in [-0.25, -0.2) is 4.98 Å². The molecule has 0 saturated carbocycles. The van der Waals surface area contributed by atoms with Gasteiger partial charge in [0.15, 0.2) is 0 Å². The van der Waals surface area contributed by atoms with Crippen molar-refractivity contribution in [2.45, 2.75) is 26.1 Å². The van der Waals surface area contributed by atoms with Crippen LogP contribution in [0.5, 0.6) is 0 Å². The summed E-state index contributed by atoms with van der Waals surface area (Å²) >= 11 is 0. The molecular weight excluding hydrogens is 273 g/mol. The molecule has 1 aromatic heterocycles. The molecule has 0 aromatic carbocycles. The lowest BCUT2D eigenvalue weighted by atomic mass is 10.3. The number of H-pyrrole nitrogens is 1. The van der Waals surface area contributed by atoms with E-state index in [0.717, 1.165) is 16.3 Å². The van der Waals surface area contributed by atoms with Crippen molar-refractivity contribution in [1.29, 1.82) is 0 Å². The smallest absolute Gasteiger partial charge is 0.348 e. The maximum Gasteiger partial charge on any atom is 0.471 e. The quantitative estimate of drug-likeness (QED) is 0.893. The predicted molar refractivity (Wildman–Crippen MR) is 65.9 cm³/mol. The number of aromatic nitrogens is 2. The number of hydrogen-bond donors (Lipinski definition) is 1. The summed E-state index contributed by atoms with van der Waals surface area (Å²) in [4.78, 5) is 21.3. The van der Waals surface area contributed by atoms with Gasteiger partial charge in [-0.1, -0.05) is 0 Å². The Morgan fingerprint density at radius 1 is 1.35 bits per heavy atom. The molecule has 5 nitrogen and oxygen atoms in total. The second kappa shape index (κ2) is 5.82. The molecule has 1 N–H and O–H groups in total. The molecule has 2 heterocycles. The standard InChI is InChI=1S/C12H17F3N4O/c1-9-10(17-8-16-9)7-18-3-2-4-19(6-5-18)11(20)12(13,14)15/h8H,2-7H2,1H3,(H,16,17). The van der Waals surface area contributed by atoms with Crippen molar-refractivity contribution in [1.82, 2.24) is 19.8 Å². The highest BCUT2D eigenvalue weighted by atomic mass is 19.4. The first kappa shape index (κ1) is 14.8. The van der Waals surface area contributed by atoms with Crippen LogP contribution in [0.25, 0.3) is 0 Å². The van der Waals surface area contributed by atoms with Crippen LogP contribution < -0.4 is 0 Å². The number of nitrogens with zero attached hydrogens (tertiary/aromatic N) is 3. The van der Waals surface area contributed by atoms with Crippen molar-refractivity contribution in [3.63, 3.8) is 0 Å². The third kappa shape index (κ3) is 3.50. The average Bonchev–Trinajstić information content (AvgIpc) is 2.63. The van der Waals surface area contributed by atoms with Crippen molar-refractivity contribution >= 4 is 5.91 Å². The number of aryl methyl sites for hydroxylation is 1. The predicted octanol–water partition coefficient (Wildman–Crippen LogP) is 1.31. The first-order valence-electron chi connectivity index (χ1n) is 6.45. The van der Waals surface area contributed by atoms with Crippen molar-refractivity contribution in [3.05, 3.63) is 17.7 Å². The van der Waals surface area contributed by atoms with Gasteiger partial charge in [0.05, 0.1) is 12.0 Å². The number of amides is 1. The fraction of sp³-hybridized carbons (Fsp3) is 0.667. The van der Waals surface area contributed by atoms with Gasteiger partial charge in [-0.05, 0) is 13.3 Å². The van der Waals surface area contributed by atoms with Crippen LogP contribution in [0.4, 0.5) is 13.2 Å². The maximum absolute atomic E-state index is 12.4. The van der Waals surface area contributed by atoms with E-state index < -0.39 is 12.1 Å². The van der Waals surface area contributed by atoms with Gasteiger partial charge in [-0.2, -0.15) is 13.2 Å². The Morgan fingerprint density at radius 2 is 2.10 bits per heavy atom. The Kier molecular flexibility index (Phi) is 4.32. The number of alkyl halides is 3. The molecule has 2 rings (SSSR count). The summed E-state index contributed by atoms with van der Waals surface area (Å²) in [7, 11) is 0. The second-order valence-electron chi connectivity index (χ2n) is 4.89. The van der Waals surface area contributed by atoms with E-state index in [1.807, 2.05) is 11.8 Å². The number of aromatic amines is 1. The molecule has 0 atom stereocenters. The number of carbonyl (C=O) groups excluding carboxylic acids is 1. The summed E-state index contributed by atoms with van der Waals surface area (Å²) in [6, 6.07) is 0. The van der Waals surface area contributed by atoms with Crippen LogP contribution in [-0.2, 0) is 11.3 Å². The highest BCUT2D eigenvalue weighted by Gasteiger charge is 2.42. The molecule has 1 aromatic rings. The van der Waals surface area contributed by atoms with E-state index >= 15 is 0 Å². The third-order valence-electron chi connectivity index (χ3n) is 3.43. The minimum atomic E-state index is -4.78. The van der Waals surface area contributed by atoms with Gasteiger partial charge in [-0.3, -0.25) is 9.69 Å². The van der Waals surface area contributed by atoms with Crippen molar-refractivity contribution < 1.29 is 18.0 Å². The minimum Gasteiger partial charge on any atom is -0.348 e. The van der Waals surface area contributed by atoms with Gasteiger partial charge in [0.1, 0.15) is 0 Å². The number of nitrogens with one attached hydrogen (secondary N) is 1. The van der Waals surface area contributed by atoms with E-state index in [1.165, 1.54) is 0 Å². The number of carbonyl (C=O) groups is 1. The molecule has 0 bridgehead atoms. The van der Waals surface area contributed by atoms with Gasteiger partial charge in [0.25, 0.3) is 0 Å². The first-order chi connectivity index (χ1) is 9.38. The monoisotopic (exact) mass is 290 g/mol. The van der Waals surface area contributed by atoms with Crippen LogP contribution in [0, 0.1) is 6.92 Å². The fourth-order valence-corrected chi connectivity index (χ4v) is 2.27. The molecule has 1 fully saturated rings. The molecule has 0 unspecified atom stereocenters. The zero-order valence-corrected chi connectivity index (χ0v) is 11.2. The van der Waals surface area contributed by atoms with Gasteiger partial charge >= 0.3 is 12.1 Å². The van der Waals surface area contributed by atoms with Gasteiger partial charge in [0.2, 0.25) is 0 Å². The Labute approximate surface area is 114 Å².